The molecule has 1 fully saturated rings. The molecule has 0 unspecified atom stereocenters. The fourth-order valence-electron chi connectivity index (χ4n) is 2.44. The van der Waals surface area contributed by atoms with Crippen molar-refractivity contribution in [3.05, 3.63) is 42.5 Å². The summed E-state index contributed by atoms with van der Waals surface area (Å²) in [6.45, 7) is 0. The Balaban J connectivity index is 2.13. The molecule has 104 valence electrons. The highest BCUT2D eigenvalue weighted by Gasteiger charge is 2.62. The molecule has 0 heterocycles. The number of ether oxygens (including phenoxy) is 1. The number of sulfone groups is 1. The summed E-state index contributed by atoms with van der Waals surface area (Å²) >= 11 is 0. The first-order valence-corrected chi connectivity index (χ1v) is 7.81. The van der Waals surface area contributed by atoms with Crippen molar-refractivity contribution in [1.29, 1.82) is 0 Å². The zero-order valence-corrected chi connectivity index (χ0v) is 11.8. The van der Waals surface area contributed by atoms with E-state index < -0.39 is 20.6 Å². The molecule has 0 bridgehead atoms. The van der Waals surface area contributed by atoms with E-state index in [1.807, 2.05) is 24.3 Å². The maximum atomic E-state index is 12.7. The first kappa shape index (κ1) is 13.1. The minimum atomic E-state index is -3.70. The van der Waals surface area contributed by atoms with Crippen molar-refractivity contribution < 1.29 is 17.9 Å². The van der Waals surface area contributed by atoms with E-state index in [4.69, 9.17) is 0 Å². The second kappa shape index (κ2) is 4.31. The van der Waals surface area contributed by atoms with Gasteiger partial charge in [0, 0.05) is 0 Å². The fourth-order valence-corrected chi connectivity index (χ4v) is 4.37. The third kappa shape index (κ3) is 1.73. The van der Waals surface area contributed by atoms with Crippen LogP contribution in [-0.2, 0) is 19.4 Å². The summed E-state index contributed by atoms with van der Waals surface area (Å²) in [5.41, 5.74) is 0. The molecule has 0 aliphatic heterocycles. The number of methoxy groups -OCH3 is 1. The van der Waals surface area contributed by atoms with E-state index in [9.17, 15) is 13.2 Å². The monoisotopic (exact) mass is 290 g/mol. The normalized spacial score (nSPS) is 16.9. The van der Waals surface area contributed by atoms with Gasteiger partial charge < -0.3 is 4.74 Å². The van der Waals surface area contributed by atoms with Crippen LogP contribution in [0.5, 0.6) is 0 Å². The molecule has 0 radical (unpaired) electrons. The van der Waals surface area contributed by atoms with Gasteiger partial charge in [0.05, 0.1) is 12.0 Å². The lowest BCUT2D eigenvalue weighted by molar-refractivity contribution is -0.140. The molecule has 2 aromatic rings. The number of benzene rings is 2. The molecule has 0 aromatic heterocycles. The maximum absolute atomic E-state index is 12.7. The van der Waals surface area contributed by atoms with Crippen LogP contribution in [-0.4, -0.2) is 26.2 Å². The van der Waals surface area contributed by atoms with Crippen LogP contribution in [0.25, 0.3) is 10.8 Å². The minimum Gasteiger partial charge on any atom is -0.468 e. The highest BCUT2D eigenvalue weighted by molar-refractivity contribution is 7.94. The Morgan fingerprint density at radius 3 is 2.35 bits per heavy atom. The van der Waals surface area contributed by atoms with Crippen LogP contribution in [0, 0.1) is 0 Å². The van der Waals surface area contributed by atoms with Crippen molar-refractivity contribution in [3.8, 4) is 0 Å². The van der Waals surface area contributed by atoms with Gasteiger partial charge in [-0.1, -0.05) is 30.3 Å². The van der Waals surface area contributed by atoms with Crippen LogP contribution in [0.2, 0.25) is 0 Å². The summed E-state index contributed by atoms with van der Waals surface area (Å²) in [7, 11) is -2.48. The van der Waals surface area contributed by atoms with Crippen molar-refractivity contribution in [2.75, 3.05) is 7.11 Å². The molecule has 0 amide bonds. The molecule has 1 saturated carbocycles. The summed E-state index contributed by atoms with van der Waals surface area (Å²) in [4.78, 5) is 12.0. The number of rotatable bonds is 3. The van der Waals surface area contributed by atoms with Crippen molar-refractivity contribution in [2.24, 2.45) is 0 Å². The minimum absolute atomic E-state index is 0.180. The van der Waals surface area contributed by atoms with Gasteiger partial charge in [-0.25, -0.2) is 8.42 Å². The lowest BCUT2D eigenvalue weighted by atomic mass is 10.1. The van der Waals surface area contributed by atoms with Crippen molar-refractivity contribution >= 4 is 26.6 Å². The van der Waals surface area contributed by atoms with Gasteiger partial charge in [0.1, 0.15) is 0 Å². The smallest absolute Gasteiger partial charge is 0.327 e. The van der Waals surface area contributed by atoms with Gasteiger partial charge in [-0.2, -0.15) is 0 Å². The second-order valence-electron chi connectivity index (χ2n) is 5.00. The average molecular weight is 290 g/mol. The number of carbonyl (C=O) groups excluding carboxylic acids is 1. The Kier molecular flexibility index (Phi) is 2.83. The van der Waals surface area contributed by atoms with E-state index in [2.05, 4.69) is 4.74 Å². The molecule has 0 atom stereocenters. The molecule has 0 saturated heterocycles. The van der Waals surface area contributed by atoms with Gasteiger partial charge >= 0.3 is 5.97 Å². The van der Waals surface area contributed by atoms with E-state index in [0.717, 1.165) is 10.8 Å². The first-order chi connectivity index (χ1) is 9.51. The van der Waals surface area contributed by atoms with Crippen LogP contribution >= 0.6 is 0 Å². The summed E-state index contributed by atoms with van der Waals surface area (Å²) in [6, 6.07) is 12.5. The Morgan fingerprint density at radius 2 is 1.75 bits per heavy atom. The van der Waals surface area contributed by atoms with Crippen LogP contribution in [0.15, 0.2) is 47.4 Å². The molecule has 0 spiro atoms. The Bertz CT molecular complexity index is 788. The molecular formula is C15H14O4S. The SMILES string of the molecule is COC(=O)C1(S(=O)(=O)c2ccc3ccccc3c2)CC1. The molecular weight excluding hydrogens is 276 g/mol. The largest absolute Gasteiger partial charge is 0.468 e. The quantitative estimate of drug-likeness (QED) is 0.814. The topological polar surface area (TPSA) is 60.4 Å². The van der Waals surface area contributed by atoms with Crippen molar-refractivity contribution in [1.82, 2.24) is 0 Å². The van der Waals surface area contributed by atoms with Crippen LogP contribution in [0.1, 0.15) is 12.8 Å². The van der Waals surface area contributed by atoms with Gasteiger partial charge in [-0.3, -0.25) is 4.79 Å². The fraction of sp³-hybridized carbons (Fsp3) is 0.267. The highest BCUT2D eigenvalue weighted by atomic mass is 32.2. The molecule has 0 N–H and O–H groups in total. The molecule has 5 heteroatoms. The van der Waals surface area contributed by atoms with Gasteiger partial charge in [0.15, 0.2) is 14.6 Å². The highest BCUT2D eigenvalue weighted by Crippen LogP contribution is 2.47. The Labute approximate surface area is 117 Å². The Hall–Kier alpha value is -1.88. The summed E-state index contributed by atoms with van der Waals surface area (Å²) < 4.78 is 28.6. The van der Waals surface area contributed by atoms with E-state index in [1.54, 1.807) is 18.2 Å². The van der Waals surface area contributed by atoms with E-state index in [1.165, 1.54) is 7.11 Å². The molecule has 20 heavy (non-hydrogen) atoms. The first-order valence-electron chi connectivity index (χ1n) is 6.33. The van der Waals surface area contributed by atoms with Gasteiger partial charge in [0.2, 0.25) is 0 Å². The Morgan fingerprint density at radius 1 is 1.10 bits per heavy atom. The zero-order chi connectivity index (χ0) is 14.4. The standard InChI is InChI=1S/C15H14O4S/c1-19-14(16)15(8-9-15)20(17,18)13-7-6-11-4-2-3-5-12(11)10-13/h2-7,10H,8-9H2,1H3. The van der Waals surface area contributed by atoms with Gasteiger partial charge in [0.25, 0.3) is 0 Å². The zero-order valence-electron chi connectivity index (χ0n) is 11.0. The van der Waals surface area contributed by atoms with Crippen LogP contribution in [0.3, 0.4) is 0 Å². The maximum Gasteiger partial charge on any atom is 0.327 e. The summed E-state index contributed by atoms with van der Waals surface area (Å²) in [6.07, 6.45) is 0.656. The lowest BCUT2D eigenvalue weighted by Gasteiger charge is -2.14. The lowest BCUT2D eigenvalue weighted by Crippen LogP contribution is -2.33. The van der Waals surface area contributed by atoms with Crippen molar-refractivity contribution in [2.45, 2.75) is 22.5 Å². The second-order valence-corrected chi connectivity index (χ2v) is 7.26. The molecule has 1 aliphatic rings. The number of fused-ring (bicyclic) bond motifs is 1. The molecule has 4 nitrogen and oxygen atoms in total. The van der Waals surface area contributed by atoms with E-state index in [-0.39, 0.29) is 4.90 Å². The van der Waals surface area contributed by atoms with Gasteiger partial charge in [-0.15, -0.1) is 0 Å². The number of esters is 1. The number of hydrogen-bond acceptors (Lipinski definition) is 4. The van der Waals surface area contributed by atoms with Crippen LogP contribution in [0.4, 0.5) is 0 Å². The van der Waals surface area contributed by atoms with E-state index >= 15 is 0 Å². The van der Waals surface area contributed by atoms with E-state index in [0.29, 0.717) is 12.8 Å². The third-order valence-corrected chi connectivity index (χ3v) is 6.29. The summed E-state index contributed by atoms with van der Waals surface area (Å²) in [5, 5.41) is 1.81. The molecule has 3 rings (SSSR count). The van der Waals surface area contributed by atoms with Gasteiger partial charge in [-0.05, 0) is 35.7 Å². The molecule has 2 aromatic carbocycles. The number of hydrogen-bond donors (Lipinski definition) is 0. The number of carbonyl (C=O) groups is 1. The van der Waals surface area contributed by atoms with Crippen LogP contribution < -0.4 is 0 Å². The predicted octanol–water partition coefficient (Wildman–Crippen LogP) is 2.32. The summed E-state index contributed by atoms with van der Waals surface area (Å²) in [5.74, 6) is -0.661. The average Bonchev–Trinajstić information content (AvgIpc) is 3.28. The predicted molar refractivity (Wildman–Crippen MR) is 75.1 cm³/mol. The molecule has 1 aliphatic carbocycles. The van der Waals surface area contributed by atoms with Crippen molar-refractivity contribution in [3.63, 3.8) is 0 Å². The third-order valence-electron chi connectivity index (χ3n) is 3.81.